The highest BCUT2D eigenvalue weighted by atomic mass is 16.5. The molecular formula is C16H17N5O2. The van der Waals surface area contributed by atoms with Gasteiger partial charge in [0.15, 0.2) is 0 Å². The Morgan fingerprint density at radius 2 is 1.96 bits per heavy atom. The molecule has 2 heterocycles. The fourth-order valence-corrected chi connectivity index (χ4v) is 2.48. The number of carbonyl (C=O) groups is 1. The molecule has 0 spiro atoms. The molecule has 1 amide bonds. The number of benzene rings is 1. The summed E-state index contributed by atoms with van der Waals surface area (Å²) in [4.78, 5) is 15.7. The molecule has 2 aromatic heterocycles. The highest BCUT2D eigenvalue weighted by Gasteiger charge is 2.15. The first-order valence-electron chi connectivity index (χ1n) is 7.15. The van der Waals surface area contributed by atoms with Gasteiger partial charge in [-0.05, 0) is 17.7 Å². The van der Waals surface area contributed by atoms with Crippen LogP contribution in [0.2, 0.25) is 0 Å². The number of nitrogens with two attached hydrogens (primary N) is 1. The maximum atomic E-state index is 11.3. The lowest BCUT2D eigenvalue weighted by molar-refractivity contribution is -0.127. The first kappa shape index (κ1) is 14.9. The minimum Gasteiger partial charge on any atom is -0.385 e. The molecular weight excluding hydrogens is 294 g/mol. The van der Waals surface area contributed by atoms with E-state index in [2.05, 4.69) is 10.3 Å². The molecule has 0 radical (unpaired) electrons. The van der Waals surface area contributed by atoms with Crippen molar-refractivity contribution in [2.24, 2.45) is 0 Å². The second-order valence-corrected chi connectivity index (χ2v) is 5.10. The number of hydrogen-bond acceptors (Lipinski definition) is 5. The molecule has 23 heavy (non-hydrogen) atoms. The zero-order valence-electron chi connectivity index (χ0n) is 12.4. The number of carbonyl (C=O) groups excluding carboxylic acids is 1. The van der Waals surface area contributed by atoms with Gasteiger partial charge in [0.25, 0.3) is 5.91 Å². The molecule has 0 fully saturated rings. The van der Waals surface area contributed by atoms with Crippen molar-refractivity contribution < 1.29 is 10.0 Å². The first-order chi connectivity index (χ1) is 11.2. The summed E-state index contributed by atoms with van der Waals surface area (Å²) in [7, 11) is 0. The van der Waals surface area contributed by atoms with Crippen molar-refractivity contribution >= 4 is 23.2 Å². The second kappa shape index (κ2) is 6.37. The lowest BCUT2D eigenvalue weighted by atomic mass is 10.1. The van der Waals surface area contributed by atoms with Crippen LogP contribution in [-0.4, -0.2) is 27.0 Å². The highest BCUT2D eigenvalue weighted by Crippen LogP contribution is 2.23. The SMILES string of the molecule is Nc1cccc2nc(NCC(=O)NO)c(Cc3ccccc3)n12. The molecule has 7 nitrogen and oxygen atoms in total. The normalized spacial score (nSPS) is 10.7. The van der Waals surface area contributed by atoms with E-state index in [1.165, 1.54) is 0 Å². The van der Waals surface area contributed by atoms with E-state index < -0.39 is 5.91 Å². The molecule has 5 N–H and O–H groups in total. The van der Waals surface area contributed by atoms with E-state index in [1.807, 2.05) is 46.9 Å². The number of fused-ring (bicyclic) bond motifs is 1. The number of aromatic nitrogens is 2. The van der Waals surface area contributed by atoms with Gasteiger partial charge < -0.3 is 11.1 Å². The van der Waals surface area contributed by atoms with Crippen molar-refractivity contribution in [1.29, 1.82) is 0 Å². The number of nitrogens with one attached hydrogen (secondary N) is 2. The van der Waals surface area contributed by atoms with Gasteiger partial charge in [-0.1, -0.05) is 36.4 Å². The van der Waals surface area contributed by atoms with E-state index in [0.29, 0.717) is 23.7 Å². The summed E-state index contributed by atoms with van der Waals surface area (Å²) in [6.45, 7) is -0.0813. The molecule has 0 unspecified atom stereocenters. The van der Waals surface area contributed by atoms with E-state index in [4.69, 9.17) is 10.9 Å². The van der Waals surface area contributed by atoms with Gasteiger partial charge in [0.1, 0.15) is 17.3 Å². The molecule has 7 heteroatoms. The Bertz CT molecular complexity index is 829. The van der Waals surface area contributed by atoms with Crippen LogP contribution in [0.4, 0.5) is 11.6 Å². The van der Waals surface area contributed by atoms with Crippen LogP contribution in [-0.2, 0) is 11.2 Å². The molecule has 0 saturated heterocycles. The van der Waals surface area contributed by atoms with Gasteiger partial charge in [0, 0.05) is 6.42 Å². The molecule has 118 valence electrons. The number of rotatable bonds is 5. The quantitative estimate of drug-likeness (QED) is 0.421. The van der Waals surface area contributed by atoms with Gasteiger partial charge in [0.2, 0.25) is 0 Å². The number of hydrogen-bond donors (Lipinski definition) is 4. The van der Waals surface area contributed by atoms with Crippen LogP contribution in [0.25, 0.3) is 5.65 Å². The summed E-state index contributed by atoms with van der Waals surface area (Å²) in [6.07, 6.45) is 0.610. The molecule has 3 rings (SSSR count). The van der Waals surface area contributed by atoms with Crippen LogP contribution in [0.5, 0.6) is 0 Å². The van der Waals surface area contributed by atoms with Gasteiger partial charge in [0.05, 0.1) is 12.2 Å². The minimum absolute atomic E-state index is 0.0813. The Morgan fingerprint density at radius 1 is 1.17 bits per heavy atom. The monoisotopic (exact) mass is 311 g/mol. The predicted octanol–water partition coefficient (Wildman–Crippen LogP) is 1.42. The summed E-state index contributed by atoms with van der Waals surface area (Å²) in [5.41, 5.74) is 10.3. The number of imidazole rings is 1. The summed E-state index contributed by atoms with van der Waals surface area (Å²) in [6, 6.07) is 15.4. The summed E-state index contributed by atoms with van der Waals surface area (Å²) in [5.74, 6) is 0.594. The lowest BCUT2D eigenvalue weighted by Crippen LogP contribution is -2.27. The fourth-order valence-electron chi connectivity index (χ4n) is 2.48. The van der Waals surface area contributed by atoms with E-state index in [0.717, 1.165) is 11.3 Å². The number of hydroxylamine groups is 1. The molecule has 3 aromatic rings. The molecule has 0 saturated carbocycles. The summed E-state index contributed by atoms with van der Waals surface area (Å²) < 4.78 is 1.85. The average Bonchev–Trinajstić information content (AvgIpc) is 2.92. The zero-order chi connectivity index (χ0) is 16.2. The van der Waals surface area contributed by atoms with Crippen molar-refractivity contribution in [2.45, 2.75) is 6.42 Å². The van der Waals surface area contributed by atoms with E-state index >= 15 is 0 Å². The first-order valence-corrected chi connectivity index (χ1v) is 7.15. The molecule has 0 aliphatic rings. The largest absolute Gasteiger partial charge is 0.385 e. The number of pyridine rings is 1. The second-order valence-electron chi connectivity index (χ2n) is 5.10. The average molecular weight is 311 g/mol. The van der Waals surface area contributed by atoms with Crippen molar-refractivity contribution in [3.8, 4) is 0 Å². The zero-order valence-corrected chi connectivity index (χ0v) is 12.4. The fraction of sp³-hybridized carbons (Fsp3) is 0.125. The number of nitrogen functional groups attached to an aromatic ring is 1. The van der Waals surface area contributed by atoms with E-state index in [-0.39, 0.29) is 6.54 Å². The minimum atomic E-state index is -0.541. The van der Waals surface area contributed by atoms with Crippen molar-refractivity contribution in [3.63, 3.8) is 0 Å². The van der Waals surface area contributed by atoms with Crippen LogP contribution in [0, 0.1) is 0 Å². The topological polar surface area (TPSA) is 105 Å². The van der Waals surface area contributed by atoms with Crippen LogP contribution in [0.3, 0.4) is 0 Å². The Hall–Kier alpha value is -3.06. The van der Waals surface area contributed by atoms with Gasteiger partial charge in [-0.2, -0.15) is 0 Å². The van der Waals surface area contributed by atoms with Crippen LogP contribution in [0.1, 0.15) is 11.3 Å². The number of nitrogens with zero attached hydrogens (tertiary/aromatic N) is 2. The van der Waals surface area contributed by atoms with Gasteiger partial charge in [-0.3, -0.25) is 14.4 Å². The van der Waals surface area contributed by atoms with Gasteiger partial charge in [-0.25, -0.2) is 10.5 Å². The van der Waals surface area contributed by atoms with Crippen molar-refractivity contribution in [1.82, 2.24) is 14.9 Å². The Kier molecular flexibility index (Phi) is 4.11. The lowest BCUT2D eigenvalue weighted by Gasteiger charge is -2.08. The number of amides is 1. The third-order valence-electron chi connectivity index (χ3n) is 3.52. The van der Waals surface area contributed by atoms with Crippen LogP contribution < -0.4 is 16.5 Å². The summed E-state index contributed by atoms with van der Waals surface area (Å²) in [5, 5.41) is 11.6. The third-order valence-corrected chi connectivity index (χ3v) is 3.52. The van der Waals surface area contributed by atoms with Crippen LogP contribution >= 0.6 is 0 Å². The third kappa shape index (κ3) is 3.09. The van der Waals surface area contributed by atoms with Gasteiger partial charge >= 0.3 is 0 Å². The smallest absolute Gasteiger partial charge is 0.262 e. The van der Waals surface area contributed by atoms with Crippen molar-refractivity contribution in [3.05, 3.63) is 59.8 Å². The highest BCUT2D eigenvalue weighted by molar-refractivity contribution is 5.79. The number of anilines is 2. The van der Waals surface area contributed by atoms with E-state index in [9.17, 15) is 4.79 Å². The molecule has 0 aliphatic heterocycles. The molecule has 0 aliphatic carbocycles. The molecule has 1 aromatic carbocycles. The maximum Gasteiger partial charge on any atom is 0.262 e. The maximum absolute atomic E-state index is 11.3. The van der Waals surface area contributed by atoms with Gasteiger partial charge in [-0.15, -0.1) is 0 Å². The Labute approximate surface area is 132 Å². The molecule has 0 bridgehead atoms. The van der Waals surface area contributed by atoms with E-state index in [1.54, 1.807) is 11.5 Å². The Morgan fingerprint density at radius 3 is 2.70 bits per heavy atom. The Balaban J connectivity index is 2.02. The summed E-state index contributed by atoms with van der Waals surface area (Å²) >= 11 is 0. The standard InChI is InChI=1S/C16H17N5O2/c17-13-7-4-8-14-19-16(18-10-15(22)20-23)12(21(13)14)9-11-5-2-1-3-6-11/h1-8,18,23H,9-10,17H2,(H,20,22). The molecule has 0 atom stereocenters. The van der Waals surface area contributed by atoms with Crippen molar-refractivity contribution in [2.75, 3.05) is 17.6 Å². The predicted molar refractivity (Wildman–Crippen MR) is 87.3 cm³/mol. The van der Waals surface area contributed by atoms with Crippen LogP contribution in [0.15, 0.2) is 48.5 Å².